The molecular weight excluding hydrogens is 209 g/mol. The van der Waals surface area contributed by atoms with Crippen molar-refractivity contribution in [2.45, 2.75) is 19.0 Å². The quantitative estimate of drug-likeness (QED) is 0.850. The molecule has 1 aliphatic heterocycles. The maximum atomic E-state index is 13.0. The second-order valence-electron chi connectivity index (χ2n) is 4.07. The van der Waals surface area contributed by atoms with Crippen LogP contribution in [0, 0.1) is 0 Å². The third kappa shape index (κ3) is 2.51. The molecule has 0 spiro atoms. The molecule has 0 aromatic heterocycles. The molecule has 4 heteroatoms. The van der Waals surface area contributed by atoms with E-state index in [4.69, 9.17) is 5.11 Å². The largest absolute Gasteiger partial charge is 0.481 e. The molecule has 1 aromatic rings. The van der Waals surface area contributed by atoms with Crippen molar-refractivity contribution in [2.75, 3.05) is 18.0 Å². The van der Waals surface area contributed by atoms with Gasteiger partial charge in [-0.2, -0.15) is 0 Å². The summed E-state index contributed by atoms with van der Waals surface area (Å²) in [5.74, 6) is -0.835. The highest BCUT2D eigenvalue weighted by molar-refractivity contribution is 5.70. The lowest BCUT2D eigenvalue weighted by Crippen LogP contribution is -2.19. The van der Waals surface area contributed by atoms with Gasteiger partial charge in [0.2, 0.25) is 0 Å². The number of carboxylic acids is 1. The Hall–Kier alpha value is -1.58. The number of carbonyl (C=O) groups is 1. The predicted molar refractivity (Wildman–Crippen MR) is 59.5 cm³/mol. The van der Waals surface area contributed by atoms with Gasteiger partial charge < -0.3 is 10.0 Å². The molecular formula is C12H14FNO2. The summed E-state index contributed by atoms with van der Waals surface area (Å²) in [4.78, 5) is 12.5. The van der Waals surface area contributed by atoms with Crippen molar-refractivity contribution < 1.29 is 14.3 Å². The van der Waals surface area contributed by atoms with E-state index in [2.05, 4.69) is 0 Å². The normalized spacial score (nSPS) is 20.1. The zero-order valence-corrected chi connectivity index (χ0v) is 8.90. The van der Waals surface area contributed by atoms with Crippen molar-refractivity contribution in [3.05, 3.63) is 29.8 Å². The molecule has 0 bridgehead atoms. The summed E-state index contributed by atoms with van der Waals surface area (Å²) in [5.41, 5.74) is 1.74. The van der Waals surface area contributed by atoms with Gasteiger partial charge in [0.05, 0.1) is 6.42 Å². The van der Waals surface area contributed by atoms with Gasteiger partial charge >= 0.3 is 5.97 Å². The Labute approximate surface area is 93.5 Å². The van der Waals surface area contributed by atoms with Gasteiger partial charge in [0.1, 0.15) is 6.17 Å². The topological polar surface area (TPSA) is 40.5 Å². The van der Waals surface area contributed by atoms with Crippen LogP contribution >= 0.6 is 0 Å². The van der Waals surface area contributed by atoms with Crippen molar-refractivity contribution in [1.29, 1.82) is 0 Å². The highest BCUT2D eigenvalue weighted by Crippen LogP contribution is 2.22. The van der Waals surface area contributed by atoms with E-state index < -0.39 is 12.1 Å². The van der Waals surface area contributed by atoms with Gasteiger partial charge in [0.25, 0.3) is 0 Å². The molecule has 2 rings (SSSR count). The van der Waals surface area contributed by atoms with Gasteiger partial charge in [-0.25, -0.2) is 4.39 Å². The Morgan fingerprint density at radius 2 is 2.12 bits per heavy atom. The van der Waals surface area contributed by atoms with E-state index in [1.807, 2.05) is 17.0 Å². The molecule has 1 saturated heterocycles. The van der Waals surface area contributed by atoms with E-state index in [0.717, 1.165) is 17.8 Å². The van der Waals surface area contributed by atoms with Crippen molar-refractivity contribution in [1.82, 2.24) is 0 Å². The van der Waals surface area contributed by atoms with Gasteiger partial charge in [-0.15, -0.1) is 0 Å². The third-order valence-electron chi connectivity index (χ3n) is 2.79. The van der Waals surface area contributed by atoms with Crippen molar-refractivity contribution in [3.8, 4) is 0 Å². The average molecular weight is 223 g/mol. The molecule has 16 heavy (non-hydrogen) atoms. The molecule has 0 radical (unpaired) electrons. The first-order valence-corrected chi connectivity index (χ1v) is 5.35. The van der Waals surface area contributed by atoms with E-state index in [1.54, 1.807) is 12.1 Å². The van der Waals surface area contributed by atoms with Crippen LogP contribution in [0.2, 0.25) is 0 Å². The number of hydrogen-bond donors (Lipinski definition) is 1. The van der Waals surface area contributed by atoms with Crippen LogP contribution in [0.4, 0.5) is 10.1 Å². The lowest BCUT2D eigenvalue weighted by atomic mass is 10.1. The monoisotopic (exact) mass is 223 g/mol. The minimum absolute atomic E-state index is 0.0337. The van der Waals surface area contributed by atoms with Gasteiger partial charge in [0.15, 0.2) is 0 Å². The zero-order chi connectivity index (χ0) is 11.5. The van der Waals surface area contributed by atoms with Gasteiger partial charge in [-0.1, -0.05) is 12.1 Å². The van der Waals surface area contributed by atoms with Crippen LogP contribution in [-0.2, 0) is 11.2 Å². The lowest BCUT2D eigenvalue weighted by molar-refractivity contribution is -0.136. The molecule has 1 aromatic carbocycles. The van der Waals surface area contributed by atoms with E-state index in [1.165, 1.54) is 0 Å². The van der Waals surface area contributed by atoms with Crippen LogP contribution in [0.25, 0.3) is 0 Å². The first kappa shape index (κ1) is 10.9. The Morgan fingerprint density at radius 3 is 2.62 bits per heavy atom. The fourth-order valence-electron chi connectivity index (χ4n) is 1.95. The third-order valence-corrected chi connectivity index (χ3v) is 2.79. The molecule has 1 aliphatic rings. The number of benzene rings is 1. The Balaban J connectivity index is 2.04. The van der Waals surface area contributed by atoms with Crippen LogP contribution in [0.15, 0.2) is 24.3 Å². The number of alkyl halides is 1. The molecule has 1 heterocycles. The highest BCUT2D eigenvalue weighted by Gasteiger charge is 2.21. The maximum absolute atomic E-state index is 13.0. The molecule has 0 saturated carbocycles. The van der Waals surface area contributed by atoms with Crippen LogP contribution in [0.5, 0.6) is 0 Å². The zero-order valence-electron chi connectivity index (χ0n) is 8.90. The van der Waals surface area contributed by atoms with E-state index >= 15 is 0 Å². The van der Waals surface area contributed by atoms with Crippen molar-refractivity contribution in [2.24, 2.45) is 0 Å². The molecule has 3 nitrogen and oxygen atoms in total. The second kappa shape index (κ2) is 4.51. The number of aliphatic carboxylic acids is 1. The van der Waals surface area contributed by atoms with Crippen molar-refractivity contribution >= 4 is 11.7 Å². The smallest absolute Gasteiger partial charge is 0.307 e. The first-order chi connectivity index (χ1) is 7.65. The summed E-state index contributed by atoms with van der Waals surface area (Å²) >= 11 is 0. The molecule has 1 atom stereocenters. The summed E-state index contributed by atoms with van der Waals surface area (Å²) in [6.45, 7) is 1.18. The molecule has 0 unspecified atom stereocenters. The van der Waals surface area contributed by atoms with Crippen LogP contribution in [-0.4, -0.2) is 30.3 Å². The average Bonchev–Trinajstić information content (AvgIpc) is 2.65. The highest BCUT2D eigenvalue weighted by atomic mass is 19.1. The summed E-state index contributed by atoms with van der Waals surface area (Å²) in [6, 6.07) is 7.29. The molecule has 0 aliphatic carbocycles. The van der Waals surface area contributed by atoms with Gasteiger partial charge in [0, 0.05) is 18.8 Å². The lowest BCUT2D eigenvalue weighted by Gasteiger charge is -2.17. The summed E-state index contributed by atoms with van der Waals surface area (Å²) in [5, 5.41) is 8.62. The first-order valence-electron chi connectivity index (χ1n) is 5.35. The molecule has 1 fully saturated rings. The van der Waals surface area contributed by atoms with E-state index in [-0.39, 0.29) is 6.42 Å². The minimum atomic E-state index is -0.835. The van der Waals surface area contributed by atoms with E-state index in [9.17, 15) is 9.18 Å². The molecule has 0 amide bonds. The van der Waals surface area contributed by atoms with Gasteiger partial charge in [-0.05, 0) is 24.1 Å². The van der Waals surface area contributed by atoms with Crippen LogP contribution in [0.1, 0.15) is 12.0 Å². The predicted octanol–water partition coefficient (Wildman–Crippen LogP) is 1.86. The SMILES string of the molecule is O=C(O)Cc1ccc(N2CC[C@@H](F)C2)cc1. The van der Waals surface area contributed by atoms with Crippen LogP contribution < -0.4 is 4.90 Å². The summed E-state index contributed by atoms with van der Waals surface area (Å²) in [7, 11) is 0. The fourth-order valence-corrected chi connectivity index (χ4v) is 1.95. The standard InChI is InChI=1S/C12H14FNO2/c13-10-5-6-14(8-10)11-3-1-9(2-4-11)7-12(15)16/h1-4,10H,5-8H2,(H,15,16)/t10-/m1/s1. The Morgan fingerprint density at radius 1 is 1.44 bits per heavy atom. The van der Waals surface area contributed by atoms with Gasteiger partial charge in [-0.3, -0.25) is 4.79 Å². The molecule has 86 valence electrons. The van der Waals surface area contributed by atoms with E-state index in [0.29, 0.717) is 13.0 Å². The number of anilines is 1. The number of rotatable bonds is 3. The number of halogens is 1. The molecule has 1 N–H and O–H groups in total. The van der Waals surface area contributed by atoms with Crippen LogP contribution in [0.3, 0.4) is 0 Å². The summed E-state index contributed by atoms with van der Waals surface area (Å²) < 4.78 is 13.0. The number of nitrogens with zero attached hydrogens (tertiary/aromatic N) is 1. The second-order valence-corrected chi connectivity index (χ2v) is 4.07. The minimum Gasteiger partial charge on any atom is -0.481 e. The van der Waals surface area contributed by atoms with Crippen molar-refractivity contribution in [3.63, 3.8) is 0 Å². The maximum Gasteiger partial charge on any atom is 0.307 e. The summed E-state index contributed by atoms with van der Waals surface area (Å²) in [6.07, 6.45) is -0.123. The fraction of sp³-hybridized carbons (Fsp3) is 0.417. The Kier molecular flexibility index (Phi) is 3.08. The number of hydrogen-bond acceptors (Lipinski definition) is 2. The Bertz CT molecular complexity index is 377. The number of carboxylic acid groups (broad SMARTS) is 1.